The highest BCUT2D eigenvalue weighted by Gasteiger charge is 2.51. The van der Waals surface area contributed by atoms with Crippen LogP contribution in [-0.4, -0.2) is 75.9 Å². The summed E-state index contributed by atoms with van der Waals surface area (Å²) in [5.74, 6) is -10.4. The second-order valence-corrected chi connectivity index (χ2v) is 10.5. The van der Waals surface area contributed by atoms with E-state index in [-0.39, 0.29) is 11.5 Å². The standard InChI is InChI=1S/C33H26O12/c1-32(44)28(40)20(26(38)24(30(32)42)22(36)13-7-16-3-9-18(34)10-4-16)15-21-27(39)25(31(43)33(2,45)29(21)41)23(37)14-8-17-5-11-19(35)12-6-17/h3-15,34-35,38-40,44-45H,1-2H3/b13-7+,14-8+,21-15+. The Morgan fingerprint density at radius 2 is 1.00 bits per heavy atom. The number of Topliss-reactive ketones (excluding diaryl/α,β-unsaturated/α-hetero) is 3. The van der Waals surface area contributed by atoms with Gasteiger partial charge in [-0.1, -0.05) is 36.4 Å². The number of hydrogen-bond donors (Lipinski definition) is 7. The van der Waals surface area contributed by atoms with Crippen LogP contribution >= 0.6 is 0 Å². The topological polar surface area (TPSA) is 227 Å². The van der Waals surface area contributed by atoms with E-state index >= 15 is 0 Å². The Morgan fingerprint density at radius 3 is 1.44 bits per heavy atom. The van der Waals surface area contributed by atoms with Crippen LogP contribution in [0.5, 0.6) is 11.5 Å². The van der Waals surface area contributed by atoms with Gasteiger partial charge in [0.1, 0.15) is 39.9 Å². The highest BCUT2D eigenvalue weighted by Crippen LogP contribution is 2.37. The van der Waals surface area contributed by atoms with Gasteiger partial charge < -0.3 is 35.7 Å². The number of phenols is 2. The molecule has 0 heterocycles. The molecule has 7 N–H and O–H groups in total. The second-order valence-electron chi connectivity index (χ2n) is 10.5. The van der Waals surface area contributed by atoms with Crippen molar-refractivity contribution < 1.29 is 59.7 Å². The first-order valence-electron chi connectivity index (χ1n) is 13.1. The van der Waals surface area contributed by atoms with Crippen molar-refractivity contribution in [2.45, 2.75) is 25.0 Å². The van der Waals surface area contributed by atoms with Crippen LogP contribution in [0.2, 0.25) is 0 Å². The lowest BCUT2D eigenvalue weighted by molar-refractivity contribution is -0.145. The first-order valence-corrected chi connectivity index (χ1v) is 13.1. The van der Waals surface area contributed by atoms with E-state index in [9.17, 15) is 59.7 Å². The maximum Gasteiger partial charge on any atom is 0.209 e. The van der Waals surface area contributed by atoms with Gasteiger partial charge in [-0.25, -0.2) is 0 Å². The van der Waals surface area contributed by atoms with E-state index in [1.165, 1.54) is 60.7 Å². The number of benzene rings is 2. The van der Waals surface area contributed by atoms with Gasteiger partial charge in [0.15, 0.2) is 22.8 Å². The summed E-state index contributed by atoms with van der Waals surface area (Å²) in [5, 5.41) is 73.0. The number of aliphatic hydroxyl groups excluding tert-OH is 3. The molecule has 12 heteroatoms. The predicted octanol–water partition coefficient (Wildman–Crippen LogP) is 2.56. The predicted molar refractivity (Wildman–Crippen MR) is 158 cm³/mol. The summed E-state index contributed by atoms with van der Waals surface area (Å²) < 4.78 is 0. The van der Waals surface area contributed by atoms with Gasteiger partial charge in [-0.2, -0.15) is 0 Å². The molecule has 0 saturated carbocycles. The minimum atomic E-state index is -2.91. The van der Waals surface area contributed by atoms with E-state index < -0.39 is 79.7 Å². The molecule has 2 aromatic carbocycles. The molecule has 12 nitrogen and oxygen atoms in total. The smallest absolute Gasteiger partial charge is 0.209 e. The molecule has 0 spiro atoms. The number of hydrogen-bond acceptors (Lipinski definition) is 12. The van der Waals surface area contributed by atoms with E-state index in [0.29, 0.717) is 17.2 Å². The van der Waals surface area contributed by atoms with Crippen LogP contribution in [0.15, 0.2) is 106 Å². The van der Waals surface area contributed by atoms with Gasteiger partial charge >= 0.3 is 0 Å². The van der Waals surface area contributed by atoms with E-state index in [1.54, 1.807) is 0 Å². The Labute approximate surface area is 254 Å². The number of carbonyl (C=O) groups excluding carboxylic acids is 5. The summed E-state index contributed by atoms with van der Waals surface area (Å²) in [6.07, 6.45) is 4.70. The minimum absolute atomic E-state index is 0.0518. The van der Waals surface area contributed by atoms with Gasteiger partial charge in [0.2, 0.25) is 17.3 Å². The zero-order valence-corrected chi connectivity index (χ0v) is 23.7. The molecule has 0 fully saturated rings. The lowest BCUT2D eigenvalue weighted by atomic mass is 9.76. The van der Waals surface area contributed by atoms with Crippen LogP contribution in [0.25, 0.3) is 12.2 Å². The molecule has 0 saturated heterocycles. The van der Waals surface area contributed by atoms with Gasteiger partial charge in [0.05, 0.1) is 11.1 Å². The van der Waals surface area contributed by atoms with Crippen molar-refractivity contribution in [3.05, 3.63) is 117 Å². The maximum absolute atomic E-state index is 13.1. The van der Waals surface area contributed by atoms with Crippen molar-refractivity contribution in [3.63, 3.8) is 0 Å². The quantitative estimate of drug-likeness (QED) is 0.136. The Kier molecular flexibility index (Phi) is 8.32. The van der Waals surface area contributed by atoms with E-state index in [1.807, 2.05) is 0 Å². The van der Waals surface area contributed by atoms with Crippen molar-refractivity contribution in [3.8, 4) is 11.5 Å². The van der Waals surface area contributed by atoms with Crippen molar-refractivity contribution >= 4 is 41.1 Å². The van der Waals surface area contributed by atoms with Gasteiger partial charge in [0, 0.05) is 0 Å². The molecule has 230 valence electrons. The highest BCUT2D eigenvalue weighted by molar-refractivity contribution is 6.37. The zero-order chi connectivity index (χ0) is 33.4. The average molecular weight is 615 g/mol. The lowest BCUT2D eigenvalue weighted by Crippen LogP contribution is -2.50. The average Bonchev–Trinajstić information content (AvgIpc) is 2.99. The normalized spacial score (nSPS) is 23.6. The van der Waals surface area contributed by atoms with E-state index in [0.717, 1.165) is 26.0 Å². The van der Waals surface area contributed by atoms with Gasteiger partial charge in [-0.3, -0.25) is 24.0 Å². The summed E-state index contributed by atoms with van der Waals surface area (Å²) in [4.78, 5) is 65.1. The summed E-state index contributed by atoms with van der Waals surface area (Å²) in [7, 11) is 0. The van der Waals surface area contributed by atoms with Crippen LogP contribution in [0, 0.1) is 0 Å². The molecular formula is C33H26O12. The molecule has 2 aliphatic rings. The van der Waals surface area contributed by atoms with Crippen LogP contribution < -0.4 is 0 Å². The van der Waals surface area contributed by atoms with Gasteiger partial charge in [-0.05, 0) is 67.5 Å². The Bertz CT molecular complexity index is 1840. The summed E-state index contributed by atoms with van der Waals surface area (Å²) in [5.41, 5.74) is -8.83. The van der Waals surface area contributed by atoms with Crippen LogP contribution in [-0.2, 0) is 24.0 Å². The number of aromatic hydroxyl groups is 2. The second kappa shape index (κ2) is 11.7. The molecule has 0 amide bonds. The zero-order valence-electron chi connectivity index (χ0n) is 23.7. The Morgan fingerprint density at radius 1 is 0.600 bits per heavy atom. The first kappa shape index (κ1) is 32.1. The third-order valence-electron chi connectivity index (χ3n) is 7.15. The van der Waals surface area contributed by atoms with Crippen molar-refractivity contribution in [2.24, 2.45) is 0 Å². The summed E-state index contributed by atoms with van der Waals surface area (Å²) in [6.45, 7) is 1.55. The van der Waals surface area contributed by atoms with Crippen molar-refractivity contribution in [1.82, 2.24) is 0 Å². The molecule has 2 unspecified atom stereocenters. The molecule has 4 rings (SSSR count). The number of allylic oxidation sites excluding steroid dienone is 4. The Balaban J connectivity index is 1.84. The number of aliphatic hydroxyl groups is 5. The number of ketones is 5. The monoisotopic (exact) mass is 614 g/mol. The minimum Gasteiger partial charge on any atom is -0.508 e. The molecule has 2 aliphatic carbocycles. The number of carbonyl (C=O) groups is 5. The molecule has 2 atom stereocenters. The molecule has 0 radical (unpaired) electrons. The third-order valence-corrected chi connectivity index (χ3v) is 7.15. The fourth-order valence-electron chi connectivity index (χ4n) is 4.48. The largest absolute Gasteiger partial charge is 0.508 e. The molecule has 45 heavy (non-hydrogen) atoms. The van der Waals surface area contributed by atoms with Crippen LogP contribution in [0.1, 0.15) is 25.0 Å². The first-order chi connectivity index (χ1) is 21.0. The maximum atomic E-state index is 13.1. The van der Waals surface area contributed by atoms with Gasteiger partial charge in [0.25, 0.3) is 0 Å². The molecule has 2 aromatic rings. The van der Waals surface area contributed by atoms with Crippen molar-refractivity contribution in [2.75, 3.05) is 0 Å². The SMILES string of the molecule is CC1(O)C(=O)C(C(=O)/C=C/c2ccc(O)cc2)=C(O)/C(=C\C2=C(O)C(C)(O)C(=O)C(C(=O)/C=C/c3ccc(O)cc3)=C2O)C1=O. The van der Waals surface area contributed by atoms with E-state index in [2.05, 4.69) is 0 Å². The Hall–Kier alpha value is -5.85. The number of rotatable bonds is 7. The van der Waals surface area contributed by atoms with Crippen molar-refractivity contribution in [1.29, 1.82) is 0 Å². The lowest BCUT2D eigenvalue weighted by Gasteiger charge is -2.30. The molecule has 0 aromatic heterocycles. The van der Waals surface area contributed by atoms with Gasteiger partial charge in [-0.15, -0.1) is 0 Å². The highest BCUT2D eigenvalue weighted by atomic mass is 16.3. The fraction of sp³-hybridized carbons (Fsp3) is 0.121. The third kappa shape index (κ3) is 5.87. The fourth-order valence-corrected chi connectivity index (χ4v) is 4.48. The molecule has 0 aliphatic heterocycles. The summed E-state index contributed by atoms with van der Waals surface area (Å²) >= 11 is 0. The van der Waals surface area contributed by atoms with E-state index in [4.69, 9.17) is 0 Å². The molecular weight excluding hydrogens is 588 g/mol. The van der Waals surface area contributed by atoms with Crippen LogP contribution in [0.4, 0.5) is 0 Å². The number of phenolic OH excluding ortho intramolecular Hbond substituents is 2. The van der Waals surface area contributed by atoms with Crippen LogP contribution in [0.3, 0.4) is 0 Å². The summed E-state index contributed by atoms with van der Waals surface area (Å²) in [6, 6.07) is 11.0. The molecule has 0 bridgehead atoms.